The monoisotopic (exact) mass is 259 g/mol. The van der Waals surface area contributed by atoms with Crippen LogP contribution >= 0.6 is 0 Å². The Kier molecular flexibility index (Phi) is 2.19. The Bertz CT molecular complexity index is 355. The zero-order chi connectivity index (χ0) is 12.7. The summed E-state index contributed by atoms with van der Waals surface area (Å²) >= 11 is 0. The van der Waals surface area contributed by atoms with E-state index in [4.69, 9.17) is 0 Å². The Hall–Kier alpha value is -0.0400. The number of piperidine rings is 2. The summed E-state index contributed by atoms with van der Waals surface area (Å²) in [5.41, 5.74) is 1.39. The van der Waals surface area contributed by atoms with Gasteiger partial charge in [-0.2, -0.15) is 0 Å². The highest BCUT2D eigenvalue weighted by Crippen LogP contribution is 2.68. The van der Waals surface area contributed by atoms with Gasteiger partial charge in [-0.25, -0.2) is 0 Å². The van der Waals surface area contributed by atoms with Crippen molar-refractivity contribution in [2.75, 3.05) is 13.6 Å². The van der Waals surface area contributed by atoms with Gasteiger partial charge in [-0.3, -0.25) is 4.90 Å². The second kappa shape index (κ2) is 3.59. The third kappa shape index (κ3) is 1.36. The highest BCUT2D eigenvalue weighted by atomic mass is 15.2. The molecule has 19 heavy (non-hydrogen) atoms. The van der Waals surface area contributed by atoms with Crippen LogP contribution in [0.5, 0.6) is 0 Å². The van der Waals surface area contributed by atoms with Gasteiger partial charge in [0.2, 0.25) is 0 Å². The summed E-state index contributed by atoms with van der Waals surface area (Å²) in [7, 11) is 2.48. The van der Waals surface area contributed by atoms with Gasteiger partial charge < -0.3 is 0 Å². The molecule has 0 spiro atoms. The molecule has 106 valence electrons. The van der Waals surface area contributed by atoms with Crippen molar-refractivity contribution in [3.8, 4) is 0 Å². The largest absolute Gasteiger partial charge is 0.300 e. The van der Waals surface area contributed by atoms with Crippen LogP contribution in [-0.4, -0.2) is 24.0 Å². The normalized spacial score (nSPS) is 59.8. The number of hydrogen-bond acceptors (Lipinski definition) is 1. The van der Waals surface area contributed by atoms with E-state index in [-0.39, 0.29) is 0 Å². The maximum absolute atomic E-state index is 2.86. The van der Waals surface area contributed by atoms with Crippen LogP contribution in [0.2, 0.25) is 0 Å². The maximum Gasteiger partial charge on any atom is 0.0263 e. The molecule has 6 bridgehead atoms. The van der Waals surface area contributed by atoms with E-state index in [2.05, 4.69) is 11.9 Å². The van der Waals surface area contributed by atoms with Crippen LogP contribution in [0.3, 0.4) is 0 Å². The highest BCUT2D eigenvalue weighted by molar-refractivity contribution is 5.16. The van der Waals surface area contributed by atoms with Crippen LogP contribution in [0.15, 0.2) is 0 Å². The van der Waals surface area contributed by atoms with Gasteiger partial charge in [0, 0.05) is 12.1 Å². The van der Waals surface area contributed by atoms with E-state index in [1.165, 1.54) is 6.54 Å². The van der Waals surface area contributed by atoms with E-state index in [0.29, 0.717) is 5.54 Å². The molecule has 0 N–H and O–H groups in total. The predicted octanol–water partition coefficient (Wildman–Crippen LogP) is 4.08. The molecular formula is C18H29N. The predicted molar refractivity (Wildman–Crippen MR) is 77.9 cm³/mol. The summed E-state index contributed by atoms with van der Waals surface area (Å²) in [4.78, 5) is 2.86. The standard InChI is InChI=1S/C18H29N/c1-19-12-13-2-4-18(19,5-3-13)17-9-14-6-15(10-17)8-16(7-14)11-17/h13-16H,2-12H2,1H3. The highest BCUT2D eigenvalue weighted by Gasteiger charge is 2.63. The number of rotatable bonds is 1. The summed E-state index contributed by atoms with van der Waals surface area (Å²) in [6.45, 7) is 1.42. The zero-order valence-corrected chi connectivity index (χ0v) is 12.5. The van der Waals surface area contributed by atoms with Crippen LogP contribution in [0.25, 0.3) is 0 Å². The van der Waals surface area contributed by atoms with E-state index in [9.17, 15) is 0 Å². The molecule has 0 radical (unpaired) electrons. The minimum atomic E-state index is 0.637. The summed E-state index contributed by atoms with van der Waals surface area (Å²) in [6, 6.07) is 0. The second-order valence-corrected chi connectivity index (χ2v) is 9.05. The van der Waals surface area contributed by atoms with Gasteiger partial charge >= 0.3 is 0 Å². The lowest BCUT2D eigenvalue weighted by atomic mass is 9.41. The Labute approximate surface area is 118 Å². The fraction of sp³-hybridized carbons (Fsp3) is 1.00. The molecule has 2 aliphatic heterocycles. The van der Waals surface area contributed by atoms with Gasteiger partial charge in [0.25, 0.3) is 0 Å². The van der Waals surface area contributed by atoms with E-state index in [1.807, 2.05) is 0 Å². The van der Waals surface area contributed by atoms with Crippen molar-refractivity contribution in [1.82, 2.24) is 4.90 Å². The molecule has 2 saturated heterocycles. The third-order valence-electron chi connectivity index (χ3n) is 8.22. The summed E-state index contributed by atoms with van der Waals surface area (Å²) in [6.07, 6.45) is 15.8. The van der Waals surface area contributed by atoms with Gasteiger partial charge in [0.15, 0.2) is 0 Å². The average molecular weight is 259 g/mol. The van der Waals surface area contributed by atoms with E-state index < -0.39 is 0 Å². The van der Waals surface area contributed by atoms with Gasteiger partial charge in [0.1, 0.15) is 0 Å². The molecule has 1 nitrogen and oxygen atoms in total. The topological polar surface area (TPSA) is 3.24 Å². The van der Waals surface area contributed by atoms with Crippen molar-refractivity contribution in [3.05, 3.63) is 0 Å². The fourth-order valence-electron chi connectivity index (χ4n) is 7.90. The quantitative estimate of drug-likeness (QED) is 0.686. The molecule has 0 aromatic heterocycles. The number of fused-ring (bicyclic) bond motifs is 3. The Morgan fingerprint density at radius 2 is 1.32 bits per heavy atom. The minimum Gasteiger partial charge on any atom is -0.300 e. The molecule has 5 saturated carbocycles. The van der Waals surface area contributed by atoms with Crippen molar-refractivity contribution in [2.24, 2.45) is 29.1 Å². The Balaban J connectivity index is 1.57. The third-order valence-corrected chi connectivity index (χ3v) is 8.22. The van der Waals surface area contributed by atoms with Crippen molar-refractivity contribution < 1.29 is 0 Å². The lowest BCUT2D eigenvalue weighted by Gasteiger charge is -2.69. The van der Waals surface area contributed by atoms with Crippen molar-refractivity contribution in [2.45, 2.75) is 69.7 Å². The second-order valence-electron chi connectivity index (χ2n) is 9.05. The van der Waals surface area contributed by atoms with E-state index in [1.54, 1.807) is 64.2 Å². The fourth-order valence-corrected chi connectivity index (χ4v) is 7.90. The number of hydrogen-bond donors (Lipinski definition) is 0. The molecule has 0 aromatic carbocycles. The summed E-state index contributed by atoms with van der Waals surface area (Å²) in [5, 5.41) is 0. The van der Waals surface area contributed by atoms with Crippen LogP contribution in [0.1, 0.15) is 64.2 Å². The van der Waals surface area contributed by atoms with Crippen LogP contribution < -0.4 is 0 Å². The molecule has 7 aliphatic rings. The minimum absolute atomic E-state index is 0.637. The lowest BCUT2D eigenvalue weighted by molar-refractivity contribution is -0.182. The molecule has 1 heteroatoms. The molecule has 5 aliphatic carbocycles. The first-order valence-electron chi connectivity index (χ1n) is 8.90. The number of nitrogens with zero attached hydrogens (tertiary/aromatic N) is 1. The molecule has 0 aromatic rings. The van der Waals surface area contributed by atoms with Crippen molar-refractivity contribution >= 4 is 0 Å². The molecule has 2 heterocycles. The smallest absolute Gasteiger partial charge is 0.0263 e. The molecule has 0 unspecified atom stereocenters. The van der Waals surface area contributed by atoms with Gasteiger partial charge in [0.05, 0.1) is 0 Å². The summed E-state index contributed by atoms with van der Waals surface area (Å²) < 4.78 is 0. The van der Waals surface area contributed by atoms with Crippen LogP contribution in [-0.2, 0) is 0 Å². The zero-order valence-electron chi connectivity index (χ0n) is 12.5. The Morgan fingerprint density at radius 1 is 0.789 bits per heavy atom. The molecule has 7 fully saturated rings. The van der Waals surface area contributed by atoms with E-state index in [0.717, 1.165) is 29.1 Å². The van der Waals surface area contributed by atoms with E-state index >= 15 is 0 Å². The first kappa shape index (κ1) is 11.6. The van der Waals surface area contributed by atoms with Gasteiger partial charge in [-0.15, -0.1) is 0 Å². The first-order valence-corrected chi connectivity index (χ1v) is 8.90. The van der Waals surface area contributed by atoms with Crippen LogP contribution in [0.4, 0.5) is 0 Å². The Morgan fingerprint density at radius 3 is 1.79 bits per heavy atom. The summed E-state index contributed by atoms with van der Waals surface area (Å²) in [5.74, 6) is 4.40. The van der Waals surface area contributed by atoms with Gasteiger partial charge in [-0.05, 0) is 100 Å². The molecule has 0 atom stereocenters. The average Bonchev–Trinajstić information content (AvgIpc) is 2.38. The SMILES string of the molecule is CN1CC2CCC1(C13CC4CC(CC(C4)C1)C3)CC2. The van der Waals surface area contributed by atoms with Crippen molar-refractivity contribution in [1.29, 1.82) is 0 Å². The van der Waals surface area contributed by atoms with Crippen LogP contribution in [0, 0.1) is 29.1 Å². The first-order chi connectivity index (χ1) is 9.19. The lowest BCUT2D eigenvalue weighted by Crippen LogP contribution is -2.68. The molecule has 7 rings (SSSR count). The molecule has 0 amide bonds. The molecular weight excluding hydrogens is 230 g/mol. The maximum atomic E-state index is 2.86. The van der Waals surface area contributed by atoms with Crippen molar-refractivity contribution in [3.63, 3.8) is 0 Å². The van der Waals surface area contributed by atoms with Gasteiger partial charge in [-0.1, -0.05) is 0 Å².